The lowest BCUT2D eigenvalue weighted by Gasteiger charge is -2.37. The molecule has 518 valence electrons. The number of nitrogens with one attached hydrogen (secondary N) is 4. The van der Waals surface area contributed by atoms with Gasteiger partial charge in [-0.2, -0.15) is 10.5 Å². The van der Waals surface area contributed by atoms with Crippen LogP contribution in [0.4, 0.5) is 35.8 Å². The molecule has 3 heterocycles. The molecular formula is C76H89FN14O8. The van der Waals surface area contributed by atoms with Gasteiger partial charge in [-0.1, -0.05) is 61.5 Å². The van der Waals surface area contributed by atoms with E-state index >= 15 is 4.79 Å². The molecule has 22 nitrogen and oxygen atoms in total. The Kier molecular flexibility index (Phi) is 24.6. The zero-order valence-corrected chi connectivity index (χ0v) is 57.5. The summed E-state index contributed by atoms with van der Waals surface area (Å²) in [7, 11) is 4.74. The molecule has 0 radical (unpaired) electrons. The number of anilines is 3. The molecule has 3 saturated heterocycles. The summed E-state index contributed by atoms with van der Waals surface area (Å²) in [5.41, 5.74) is 14.6. The number of likely N-dealkylation sites (tertiary alicyclic amines) is 3. The van der Waals surface area contributed by atoms with Crippen LogP contribution in [0.25, 0.3) is 0 Å². The highest BCUT2D eigenvalue weighted by Crippen LogP contribution is 2.34. The Hall–Kier alpha value is -10.7. The Morgan fingerprint density at radius 1 is 0.545 bits per heavy atom. The van der Waals surface area contributed by atoms with Gasteiger partial charge in [-0.25, -0.2) is 18.8 Å². The largest absolute Gasteiger partial charge is 0.368 e. The molecule has 0 aliphatic carbocycles. The number of aryl methyl sites for hydroxylation is 3. The molecule has 0 saturated carbocycles. The predicted octanol–water partition coefficient (Wildman–Crippen LogP) is 9.94. The van der Waals surface area contributed by atoms with Crippen molar-refractivity contribution >= 4 is 64.7 Å². The zero-order valence-electron chi connectivity index (χ0n) is 57.5. The van der Waals surface area contributed by atoms with Crippen molar-refractivity contribution in [3.63, 3.8) is 0 Å². The number of carbonyl (C=O) groups excluding carboxylic acids is 8. The highest BCUT2D eigenvalue weighted by atomic mass is 19.1. The fourth-order valence-electron chi connectivity index (χ4n) is 13.4. The number of likely N-dealkylation sites (N-methyl/N-ethyl adjacent to an activating group) is 2. The molecule has 99 heavy (non-hydrogen) atoms. The van der Waals surface area contributed by atoms with Gasteiger partial charge in [0.25, 0.3) is 17.7 Å². The number of rotatable bonds is 22. The summed E-state index contributed by atoms with van der Waals surface area (Å²) < 4.78 is 13.8. The van der Waals surface area contributed by atoms with E-state index in [2.05, 4.69) is 33.4 Å². The third-order valence-corrected chi connectivity index (χ3v) is 19.5. The maximum atomic E-state index is 15.5. The summed E-state index contributed by atoms with van der Waals surface area (Å²) in [5, 5.41) is 30.3. The van der Waals surface area contributed by atoms with Crippen LogP contribution in [0.15, 0.2) is 127 Å². The van der Waals surface area contributed by atoms with E-state index in [0.29, 0.717) is 109 Å². The number of amides is 11. The van der Waals surface area contributed by atoms with Crippen molar-refractivity contribution in [2.45, 2.75) is 90.0 Å². The van der Waals surface area contributed by atoms with Crippen molar-refractivity contribution < 1.29 is 42.7 Å². The van der Waals surface area contributed by atoms with Gasteiger partial charge >= 0.3 is 18.1 Å². The Labute approximate surface area is 578 Å². The fourth-order valence-corrected chi connectivity index (χ4v) is 13.4. The normalized spacial score (nSPS) is 14.9. The molecule has 6 N–H and O–H groups in total. The molecule has 2 unspecified atom stereocenters. The minimum Gasteiger partial charge on any atom is -0.368 e. The number of hydrogen-bond donors (Lipinski definition) is 5. The lowest BCUT2D eigenvalue weighted by atomic mass is 9.89. The first-order valence-corrected chi connectivity index (χ1v) is 33.8. The second-order valence-electron chi connectivity index (χ2n) is 26.3. The van der Waals surface area contributed by atoms with Gasteiger partial charge < -0.3 is 56.4 Å². The highest BCUT2D eigenvalue weighted by molar-refractivity contribution is 6.02. The standard InChI is InChI=1S/C76H89FN14O8/c1-49-8-15-61(71(94)87-34-26-58(27-35-87)55-18-11-53(45-78)12-19-55)42-65(49)83-75(98)85(6)40-41-90(68(92)48-91(74(97)82-33-32-81-5)67-44-63(17-10-51(67)3)73(96)89-38-30-60(31-39-89)57-22-24-64(77)25-23-57)69(70(80)93)52(4)47-86(7)76(99)84-66-43-62(16-9-50(66)2)72(95)88-36-28-59(29-37-88)56-20-13-54(46-79)14-21-56/h8-25,42-44,52,58-60,69,81H,26-41,47-48H2,1-7H3,(H2,80,93)(H,82,97)(H,83,98)(H,84,99). The van der Waals surface area contributed by atoms with Gasteiger partial charge in [-0.05, 0) is 190 Å². The number of primary amides is 1. The van der Waals surface area contributed by atoms with Crippen LogP contribution in [-0.2, 0) is 9.59 Å². The van der Waals surface area contributed by atoms with Gasteiger partial charge in [0.15, 0.2) is 0 Å². The molecule has 3 fully saturated rings. The zero-order chi connectivity index (χ0) is 71.0. The molecule has 0 bridgehead atoms. The fraction of sp³-hybridized carbons (Fsp3) is 0.395. The van der Waals surface area contributed by atoms with Crippen LogP contribution >= 0.6 is 0 Å². The number of hydrogen-bond acceptors (Lipinski definition) is 11. The number of nitrogens with zero attached hydrogens (tertiary/aromatic N) is 9. The van der Waals surface area contributed by atoms with Gasteiger partial charge in [0, 0.05) is 126 Å². The SMILES string of the molecule is CNCCNC(=O)N(CC(=O)N(CCN(C)C(=O)Nc1cc(C(=O)N2CCC(c3ccc(C#N)cc3)CC2)ccc1C)C(C(N)=O)C(C)CN(C)C(=O)Nc1cc(C(=O)N2CCC(c3ccc(C#N)cc3)CC2)ccc1C)c1cc(C(=O)N2CCC(c3ccc(F)cc3)CC2)ccc1C. The lowest BCUT2D eigenvalue weighted by Crippen LogP contribution is -2.58. The van der Waals surface area contributed by atoms with Crippen LogP contribution in [0.1, 0.15) is 139 Å². The van der Waals surface area contributed by atoms with Crippen LogP contribution in [0, 0.1) is 55.2 Å². The van der Waals surface area contributed by atoms with E-state index in [4.69, 9.17) is 5.73 Å². The quantitative estimate of drug-likeness (QED) is 0.0399. The van der Waals surface area contributed by atoms with Crippen LogP contribution in [0.5, 0.6) is 0 Å². The summed E-state index contributed by atoms with van der Waals surface area (Å²) in [6.07, 6.45) is 4.25. The third kappa shape index (κ3) is 18.3. The molecule has 9 rings (SSSR count). The van der Waals surface area contributed by atoms with Gasteiger partial charge in [-0.15, -0.1) is 0 Å². The molecule has 3 aliphatic heterocycles. The van der Waals surface area contributed by atoms with Crippen molar-refractivity contribution in [2.24, 2.45) is 11.7 Å². The second-order valence-corrected chi connectivity index (χ2v) is 26.3. The van der Waals surface area contributed by atoms with Crippen molar-refractivity contribution in [1.29, 1.82) is 10.5 Å². The molecule has 0 spiro atoms. The van der Waals surface area contributed by atoms with Crippen molar-refractivity contribution in [1.82, 2.24) is 40.0 Å². The van der Waals surface area contributed by atoms with Crippen molar-refractivity contribution in [3.05, 3.63) is 194 Å². The molecule has 6 aromatic rings. The number of urea groups is 3. The highest BCUT2D eigenvalue weighted by Gasteiger charge is 2.37. The molecule has 0 aromatic heterocycles. The Balaban J connectivity index is 0.928. The third-order valence-electron chi connectivity index (χ3n) is 19.5. The van der Waals surface area contributed by atoms with Crippen molar-refractivity contribution in [3.8, 4) is 12.1 Å². The number of benzene rings is 6. The number of nitrogens with two attached hydrogens (primary N) is 1. The van der Waals surface area contributed by atoms with Crippen LogP contribution in [-0.4, -0.2) is 183 Å². The van der Waals surface area contributed by atoms with Crippen LogP contribution in [0.3, 0.4) is 0 Å². The molecule has 6 aromatic carbocycles. The number of carbonyl (C=O) groups is 8. The number of nitriles is 2. The molecular weight excluding hydrogens is 1260 g/mol. The molecule has 11 amide bonds. The van der Waals surface area contributed by atoms with E-state index in [-0.39, 0.29) is 78.7 Å². The summed E-state index contributed by atoms with van der Waals surface area (Å²) in [5.74, 6) is -2.99. The smallest absolute Gasteiger partial charge is 0.322 e. The predicted molar refractivity (Wildman–Crippen MR) is 378 cm³/mol. The maximum Gasteiger partial charge on any atom is 0.322 e. The number of halogens is 1. The summed E-state index contributed by atoms with van der Waals surface area (Å²) in [6, 6.07) is 37.6. The maximum absolute atomic E-state index is 15.5. The van der Waals surface area contributed by atoms with Gasteiger partial charge in [0.1, 0.15) is 18.4 Å². The summed E-state index contributed by atoms with van der Waals surface area (Å²) in [6.45, 7) is 9.11. The van der Waals surface area contributed by atoms with Crippen molar-refractivity contribution in [2.75, 3.05) is 115 Å². The molecule has 3 aliphatic rings. The lowest BCUT2D eigenvalue weighted by molar-refractivity contribution is -0.140. The van der Waals surface area contributed by atoms with E-state index in [1.807, 2.05) is 24.3 Å². The van der Waals surface area contributed by atoms with E-state index < -0.39 is 48.4 Å². The average molecular weight is 1350 g/mol. The van der Waals surface area contributed by atoms with E-state index in [9.17, 15) is 48.5 Å². The van der Waals surface area contributed by atoms with Crippen LogP contribution in [0.2, 0.25) is 0 Å². The Morgan fingerprint density at radius 3 is 1.36 bits per heavy atom. The van der Waals surface area contributed by atoms with Gasteiger partial charge in [0.2, 0.25) is 11.8 Å². The summed E-state index contributed by atoms with van der Waals surface area (Å²) in [4.78, 5) is 126. The first-order valence-electron chi connectivity index (χ1n) is 33.8. The minimum absolute atomic E-state index is 0.128. The second kappa shape index (κ2) is 33.5. The summed E-state index contributed by atoms with van der Waals surface area (Å²) >= 11 is 0. The topological polar surface area (TPSA) is 281 Å². The first kappa shape index (κ1) is 72.6. The monoisotopic (exact) mass is 1340 g/mol. The molecule has 2 atom stereocenters. The Morgan fingerprint density at radius 2 is 0.949 bits per heavy atom. The van der Waals surface area contributed by atoms with E-state index in [1.54, 1.807) is 140 Å². The average Bonchev–Trinajstić information content (AvgIpc) is 0.816. The Bertz CT molecular complexity index is 4000. The van der Waals surface area contributed by atoms with Crippen LogP contribution < -0.4 is 31.9 Å². The number of piperidine rings is 3. The molecule has 23 heteroatoms. The van der Waals surface area contributed by atoms with E-state index in [1.165, 1.54) is 45.8 Å². The van der Waals surface area contributed by atoms with Gasteiger partial charge in [-0.3, -0.25) is 28.9 Å². The van der Waals surface area contributed by atoms with Gasteiger partial charge in [0.05, 0.1) is 23.3 Å². The van der Waals surface area contributed by atoms with E-state index in [0.717, 1.165) is 42.4 Å². The minimum atomic E-state index is -1.45. The first-order chi connectivity index (χ1) is 47.5.